The first kappa shape index (κ1) is 12.4. The van der Waals surface area contributed by atoms with Gasteiger partial charge in [0.05, 0.1) is 16.9 Å². The van der Waals surface area contributed by atoms with Crippen LogP contribution in [0, 0.1) is 5.41 Å². The maximum atomic E-state index is 14.3. The highest BCUT2D eigenvalue weighted by Crippen LogP contribution is 2.43. The second kappa shape index (κ2) is 3.43. The van der Waals surface area contributed by atoms with Crippen molar-refractivity contribution in [3.05, 3.63) is 0 Å². The molecule has 4 nitrogen and oxygen atoms in total. The molecular weight excluding hydrogens is 223 g/mol. The van der Waals surface area contributed by atoms with Crippen LogP contribution in [0.15, 0.2) is 0 Å². The number of carboxylic acids is 1. The molecule has 1 rings (SSSR count). The lowest BCUT2D eigenvalue weighted by molar-refractivity contribution is -0.157. The monoisotopic (exact) mass is 238 g/mol. The fraction of sp³-hybridized carbons (Fsp3) is 0.889. The van der Waals surface area contributed by atoms with Gasteiger partial charge >= 0.3 is 5.97 Å². The molecule has 0 saturated carbocycles. The first-order valence-corrected chi connectivity index (χ1v) is 6.56. The average Bonchev–Trinajstić information content (AvgIpc) is 2.10. The lowest BCUT2D eigenvalue weighted by Gasteiger charge is -2.39. The van der Waals surface area contributed by atoms with Crippen molar-refractivity contribution in [2.45, 2.75) is 32.4 Å². The van der Waals surface area contributed by atoms with Crippen LogP contribution in [0.5, 0.6) is 0 Å². The maximum Gasteiger partial charge on any atom is 0.312 e. The van der Waals surface area contributed by atoms with Gasteiger partial charge in [0, 0.05) is 0 Å². The first-order valence-electron chi connectivity index (χ1n) is 4.73. The molecule has 0 bridgehead atoms. The molecule has 0 atom stereocenters. The number of hydrogen-bond acceptors (Lipinski definition) is 3. The molecule has 1 heterocycles. The van der Waals surface area contributed by atoms with Gasteiger partial charge in [-0.15, -0.1) is 0 Å². The summed E-state index contributed by atoms with van der Waals surface area (Å²) in [6.07, 6.45) is -0.455. The standard InChI is InChI=1S/C9H15FO4S/c1-8(2,7(11)12)9(10)3-5-15(13,14)6-4-9/h3-6H2,1-2H3,(H,11,12). The predicted octanol–water partition coefficient (Wildman–Crippen LogP) is 1.01. The van der Waals surface area contributed by atoms with E-state index < -0.39 is 26.9 Å². The highest BCUT2D eigenvalue weighted by Gasteiger charge is 2.53. The van der Waals surface area contributed by atoms with Gasteiger partial charge in [0.25, 0.3) is 0 Å². The van der Waals surface area contributed by atoms with Crippen LogP contribution in [0.4, 0.5) is 4.39 Å². The zero-order chi connectivity index (χ0) is 11.9. The van der Waals surface area contributed by atoms with Crippen molar-refractivity contribution in [3.8, 4) is 0 Å². The summed E-state index contributed by atoms with van der Waals surface area (Å²) in [5.41, 5.74) is -3.47. The molecule has 1 saturated heterocycles. The number of carbonyl (C=O) groups is 1. The molecular formula is C9H15FO4S. The molecule has 1 N–H and O–H groups in total. The van der Waals surface area contributed by atoms with Crippen LogP contribution in [0.2, 0.25) is 0 Å². The number of rotatable bonds is 2. The third-order valence-corrected chi connectivity index (χ3v) is 4.93. The second-order valence-electron chi connectivity index (χ2n) is 4.55. The van der Waals surface area contributed by atoms with E-state index in [0.29, 0.717) is 0 Å². The molecule has 0 aromatic rings. The number of sulfone groups is 1. The van der Waals surface area contributed by atoms with Gasteiger partial charge in [-0.1, -0.05) is 0 Å². The number of alkyl halides is 1. The van der Waals surface area contributed by atoms with E-state index in [0.717, 1.165) is 0 Å². The third-order valence-electron chi connectivity index (χ3n) is 3.27. The fourth-order valence-corrected chi connectivity index (χ4v) is 3.15. The Labute approximate surface area is 88.4 Å². The summed E-state index contributed by atoms with van der Waals surface area (Å²) in [6, 6.07) is 0. The van der Waals surface area contributed by atoms with Crippen LogP contribution >= 0.6 is 0 Å². The number of aliphatic carboxylic acids is 1. The molecule has 1 fully saturated rings. The minimum absolute atomic E-state index is 0.228. The van der Waals surface area contributed by atoms with Crippen molar-refractivity contribution >= 4 is 15.8 Å². The van der Waals surface area contributed by atoms with Crippen molar-refractivity contribution < 1.29 is 22.7 Å². The summed E-state index contributed by atoms with van der Waals surface area (Å²) >= 11 is 0. The summed E-state index contributed by atoms with van der Waals surface area (Å²) in [4.78, 5) is 10.9. The predicted molar refractivity (Wildman–Crippen MR) is 53.1 cm³/mol. The van der Waals surface area contributed by atoms with Gasteiger partial charge in [-0.25, -0.2) is 12.8 Å². The molecule has 1 aliphatic heterocycles. The van der Waals surface area contributed by atoms with E-state index in [4.69, 9.17) is 5.11 Å². The van der Waals surface area contributed by atoms with Crippen LogP contribution in [0.3, 0.4) is 0 Å². The largest absolute Gasteiger partial charge is 0.481 e. The Morgan fingerprint density at radius 1 is 1.33 bits per heavy atom. The molecule has 6 heteroatoms. The van der Waals surface area contributed by atoms with Gasteiger partial charge in [-0.3, -0.25) is 4.79 Å². The SMILES string of the molecule is CC(C)(C(=O)O)C1(F)CCS(=O)(=O)CC1. The molecule has 15 heavy (non-hydrogen) atoms. The van der Waals surface area contributed by atoms with Gasteiger partial charge in [0.1, 0.15) is 5.67 Å². The van der Waals surface area contributed by atoms with E-state index in [-0.39, 0.29) is 24.3 Å². The smallest absolute Gasteiger partial charge is 0.312 e. The van der Waals surface area contributed by atoms with Crippen LogP contribution in [-0.4, -0.2) is 36.7 Å². The van der Waals surface area contributed by atoms with Crippen molar-refractivity contribution in [3.63, 3.8) is 0 Å². The normalized spacial score (nSPS) is 24.7. The van der Waals surface area contributed by atoms with Crippen molar-refractivity contribution in [2.75, 3.05) is 11.5 Å². The Kier molecular flexibility index (Phi) is 2.84. The van der Waals surface area contributed by atoms with E-state index in [9.17, 15) is 17.6 Å². The van der Waals surface area contributed by atoms with E-state index in [1.807, 2.05) is 0 Å². The lowest BCUT2D eigenvalue weighted by atomic mass is 9.73. The van der Waals surface area contributed by atoms with E-state index in [2.05, 4.69) is 0 Å². The molecule has 0 aliphatic carbocycles. The molecule has 88 valence electrons. The van der Waals surface area contributed by atoms with E-state index in [1.165, 1.54) is 13.8 Å². The van der Waals surface area contributed by atoms with Crippen LogP contribution in [-0.2, 0) is 14.6 Å². The van der Waals surface area contributed by atoms with Gasteiger partial charge in [0.2, 0.25) is 0 Å². The quantitative estimate of drug-likeness (QED) is 0.779. The molecule has 1 aliphatic rings. The molecule has 0 amide bonds. The van der Waals surface area contributed by atoms with Crippen LogP contribution in [0.25, 0.3) is 0 Å². The van der Waals surface area contributed by atoms with Crippen LogP contribution < -0.4 is 0 Å². The van der Waals surface area contributed by atoms with E-state index in [1.54, 1.807) is 0 Å². The minimum Gasteiger partial charge on any atom is -0.481 e. The van der Waals surface area contributed by atoms with Gasteiger partial charge < -0.3 is 5.11 Å². The molecule has 0 unspecified atom stereocenters. The maximum absolute atomic E-state index is 14.3. The minimum atomic E-state index is -3.17. The van der Waals surface area contributed by atoms with Crippen LogP contribution in [0.1, 0.15) is 26.7 Å². The Morgan fingerprint density at radius 2 is 1.73 bits per heavy atom. The highest BCUT2D eigenvalue weighted by atomic mass is 32.2. The number of carboxylic acid groups (broad SMARTS) is 1. The molecule has 0 radical (unpaired) electrons. The molecule has 0 aromatic heterocycles. The second-order valence-corrected chi connectivity index (χ2v) is 6.85. The number of hydrogen-bond donors (Lipinski definition) is 1. The summed E-state index contributed by atoms with van der Waals surface area (Å²) in [6.45, 7) is 2.60. The number of halogens is 1. The van der Waals surface area contributed by atoms with Gasteiger partial charge in [0.15, 0.2) is 9.84 Å². The first-order chi connectivity index (χ1) is 6.61. The van der Waals surface area contributed by atoms with Crippen molar-refractivity contribution in [1.82, 2.24) is 0 Å². The summed E-state index contributed by atoms with van der Waals surface area (Å²) in [7, 11) is -3.17. The zero-order valence-corrected chi connectivity index (χ0v) is 9.60. The Balaban J connectivity index is 2.92. The fourth-order valence-electron chi connectivity index (χ4n) is 1.68. The Morgan fingerprint density at radius 3 is 2.07 bits per heavy atom. The Bertz CT molecular complexity index is 358. The summed E-state index contributed by atoms with van der Waals surface area (Å²) in [5.74, 6) is -1.76. The summed E-state index contributed by atoms with van der Waals surface area (Å²) < 4.78 is 36.5. The average molecular weight is 238 g/mol. The van der Waals surface area contributed by atoms with E-state index >= 15 is 0 Å². The molecule has 0 spiro atoms. The zero-order valence-electron chi connectivity index (χ0n) is 8.79. The Hall–Kier alpha value is -0.650. The van der Waals surface area contributed by atoms with Gasteiger partial charge in [-0.05, 0) is 26.7 Å². The third kappa shape index (κ3) is 2.14. The highest BCUT2D eigenvalue weighted by molar-refractivity contribution is 7.91. The van der Waals surface area contributed by atoms with Crippen molar-refractivity contribution in [1.29, 1.82) is 0 Å². The summed E-state index contributed by atoms with van der Waals surface area (Å²) in [5, 5.41) is 8.90. The lowest BCUT2D eigenvalue weighted by Crippen LogP contribution is -2.50. The topological polar surface area (TPSA) is 71.4 Å². The van der Waals surface area contributed by atoms with Crippen molar-refractivity contribution in [2.24, 2.45) is 5.41 Å². The molecule has 0 aromatic carbocycles. The van der Waals surface area contributed by atoms with Gasteiger partial charge in [-0.2, -0.15) is 0 Å².